The minimum atomic E-state index is 0. The van der Waals surface area contributed by atoms with Crippen molar-refractivity contribution in [2.45, 2.75) is 20.8 Å². The van der Waals surface area contributed by atoms with E-state index in [1.807, 2.05) is 18.2 Å². The number of anilines is 1. The van der Waals surface area contributed by atoms with Gasteiger partial charge in [0.1, 0.15) is 0 Å². The predicted molar refractivity (Wildman–Crippen MR) is 103 cm³/mol. The third-order valence-corrected chi connectivity index (χ3v) is 4.40. The number of hydrogen-bond donors (Lipinski definition) is 2. The van der Waals surface area contributed by atoms with Crippen molar-refractivity contribution in [1.82, 2.24) is 16.1 Å². The maximum absolute atomic E-state index is 5.90. The SMILES string of the molecule is Cc1cc(C)c(-c2nc(N)ncc2-c2ccc3c(c2)OCO3)c(C)c1.N. The molecule has 0 saturated carbocycles. The Bertz CT molecular complexity index is 963. The van der Waals surface area contributed by atoms with E-state index < -0.39 is 0 Å². The van der Waals surface area contributed by atoms with Gasteiger partial charge in [-0.1, -0.05) is 23.8 Å². The Kier molecular flexibility index (Phi) is 4.52. The van der Waals surface area contributed by atoms with E-state index in [-0.39, 0.29) is 18.9 Å². The molecule has 0 saturated heterocycles. The van der Waals surface area contributed by atoms with Gasteiger partial charge in [0, 0.05) is 17.3 Å². The van der Waals surface area contributed by atoms with Crippen LogP contribution in [0.15, 0.2) is 36.5 Å². The highest BCUT2D eigenvalue weighted by molar-refractivity contribution is 5.84. The van der Waals surface area contributed by atoms with Crippen molar-refractivity contribution in [1.29, 1.82) is 0 Å². The number of nitrogens with two attached hydrogens (primary N) is 1. The number of nitrogens with zero attached hydrogens (tertiary/aromatic N) is 2. The number of ether oxygens (including phenoxy) is 2. The number of hydrogen-bond acceptors (Lipinski definition) is 6. The minimum Gasteiger partial charge on any atom is -0.454 e. The number of benzene rings is 2. The molecule has 0 fully saturated rings. The van der Waals surface area contributed by atoms with Crippen molar-refractivity contribution in [3.63, 3.8) is 0 Å². The molecule has 4 rings (SSSR count). The second-order valence-electron chi connectivity index (χ2n) is 6.33. The van der Waals surface area contributed by atoms with Gasteiger partial charge in [-0.3, -0.25) is 0 Å². The summed E-state index contributed by atoms with van der Waals surface area (Å²) in [4.78, 5) is 8.77. The topological polar surface area (TPSA) is 105 Å². The van der Waals surface area contributed by atoms with Crippen molar-refractivity contribution < 1.29 is 9.47 Å². The molecule has 6 heteroatoms. The van der Waals surface area contributed by atoms with Gasteiger partial charge >= 0.3 is 0 Å². The summed E-state index contributed by atoms with van der Waals surface area (Å²) in [5.41, 5.74) is 13.3. The summed E-state index contributed by atoms with van der Waals surface area (Å²) in [6.07, 6.45) is 1.77. The van der Waals surface area contributed by atoms with Gasteiger partial charge in [0.25, 0.3) is 0 Å². The summed E-state index contributed by atoms with van der Waals surface area (Å²) in [5.74, 6) is 1.75. The van der Waals surface area contributed by atoms with Crippen LogP contribution in [0.5, 0.6) is 11.5 Å². The van der Waals surface area contributed by atoms with E-state index in [0.29, 0.717) is 0 Å². The standard InChI is InChI=1S/C20H19N3O2.H3N/c1-11-6-12(2)18(13(3)7-11)19-15(9-22-20(21)23-19)14-4-5-16-17(8-14)25-10-24-16;/h4-9H,10H2,1-3H3,(H2,21,22,23);1H3. The first-order valence-corrected chi connectivity index (χ1v) is 8.13. The van der Waals surface area contributed by atoms with Crippen LogP contribution >= 0.6 is 0 Å². The Hall–Kier alpha value is -3.12. The highest BCUT2D eigenvalue weighted by Crippen LogP contribution is 2.40. The quantitative estimate of drug-likeness (QED) is 0.717. The minimum absolute atomic E-state index is 0. The van der Waals surface area contributed by atoms with Crippen molar-refractivity contribution in [3.8, 4) is 33.9 Å². The summed E-state index contributed by atoms with van der Waals surface area (Å²) < 4.78 is 10.9. The molecule has 0 radical (unpaired) electrons. The van der Waals surface area contributed by atoms with Gasteiger partial charge in [-0.05, 0) is 49.6 Å². The lowest BCUT2D eigenvalue weighted by molar-refractivity contribution is 0.174. The van der Waals surface area contributed by atoms with Gasteiger partial charge < -0.3 is 21.4 Å². The molecule has 134 valence electrons. The number of rotatable bonds is 2. The Morgan fingerprint density at radius 1 is 0.962 bits per heavy atom. The second kappa shape index (κ2) is 6.65. The lowest BCUT2D eigenvalue weighted by Crippen LogP contribution is -2.01. The molecule has 2 heterocycles. The van der Waals surface area contributed by atoms with Crippen molar-refractivity contribution in [3.05, 3.63) is 53.2 Å². The van der Waals surface area contributed by atoms with E-state index in [1.165, 1.54) is 5.56 Å². The smallest absolute Gasteiger partial charge is 0.231 e. The highest BCUT2D eigenvalue weighted by atomic mass is 16.7. The van der Waals surface area contributed by atoms with Crippen LogP contribution in [-0.2, 0) is 0 Å². The summed E-state index contributed by atoms with van der Waals surface area (Å²) in [7, 11) is 0. The lowest BCUT2D eigenvalue weighted by Gasteiger charge is -2.15. The third-order valence-electron chi connectivity index (χ3n) is 4.40. The average Bonchev–Trinajstić information content (AvgIpc) is 3.01. The normalized spacial score (nSPS) is 12.0. The number of aromatic nitrogens is 2. The van der Waals surface area contributed by atoms with Gasteiger partial charge in [-0.25, -0.2) is 9.97 Å². The van der Waals surface area contributed by atoms with Crippen LogP contribution in [0.1, 0.15) is 16.7 Å². The lowest BCUT2D eigenvalue weighted by atomic mass is 9.93. The van der Waals surface area contributed by atoms with Gasteiger partial charge in [0.05, 0.1) is 5.69 Å². The van der Waals surface area contributed by atoms with Gasteiger partial charge in [-0.15, -0.1) is 0 Å². The fourth-order valence-electron chi connectivity index (χ4n) is 3.41. The Labute approximate surface area is 152 Å². The summed E-state index contributed by atoms with van der Waals surface area (Å²) in [6, 6.07) is 10.2. The molecule has 6 nitrogen and oxygen atoms in total. The van der Waals surface area contributed by atoms with Crippen LogP contribution in [-0.4, -0.2) is 16.8 Å². The monoisotopic (exact) mass is 350 g/mol. The maximum Gasteiger partial charge on any atom is 0.231 e. The molecule has 1 aliphatic heterocycles. The van der Waals surface area contributed by atoms with E-state index in [2.05, 4.69) is 42.9 Å². The van der Waals surface area contributed by atoms with Crippen LogP contribution in [0.3, 0.4) is 0 Å². The average molecular weight is 350 g/mol. The van der Waals surface area contributed by atoms with E-state index in [1.54, 1.807) is 6.20 Å². The van der Waals surface area contributed by atoms with Gasteiger partial charge in [0.2, 0.25) is 12.7 Å². The van der Waals surface area contributed by atoms with E-state index in [0.717, 1.165) is 45.0 Å². The number of aryl methyl sites for hydroxylation is 3. The Morgan fingerprint density at radius 3 is 2.38 bits per heavy atom. The molecule has 0 aliphatic carbocycles. The summed E-state index contributed by atoms with van der Waals surface area (Å²) >= 11 is 0. The second-order valence-corrected chi connectivity index (χ2v) is 6.33. The molecule has 0 amide bonds. The largest absolute Gasteiger partial charge is 0.454 e. The van der Waals surface area contributed by atoms with E-state index >= 15 is 0 Å². The highest BCUT2D eigenvalue weighted by Gasteiger charge is 2.19. The third kappa shape index (κ3) is 2.95. The van der Waals surface area contributed by atoms with E-state index in [9.17, 15) is 0 Å². The molecule has 1 aliphatic rings. The molecule has 0 spiro atoms. The molecule has 0 atom stereocenters. The zero-order chi connectivity index (χ0) is 17.6. The van der Waals surface area contributed by atoms with Crippen LogP contribution in [0.2, 0.25) is 0 Å². The van der Waals surface area contributed by atoms with Crippen LogP contribution < -0.4 is 21.4 Å². The first-order chi connectivity index (χ1) is 12.0. The molecule has 26 heavy (non-hydrogen) atoms. The predicted octanol–water partition coefficient (Wildman–Crippen LogP) is 4.21. The van der Waals surface area contributed by atoms with Gasteiger partial charge in [-0.2, -0.15) is 0 Å². The first kappa shape index (κ1) is 17.7. The molecule has 3 aromatic rings. The molecule has 0 unspecified atom stereocenters. The van der Waals surface area contributed by atoms with Crippen LogP contribution in [0.4, 0.5) is 5.95 Å². The Balaban J connectivity index is 0.00000196. The number of fused-ring (bicyclic) bond motifs is 1. The first-order valence-electron chi connectivity index (χ1n) is 8.13. The summed E-state index contributed by atoms with van der Waals surface area (Å²) in [6.45, 7) is 6.53. The molecular formula is C20H22N4O2. The zero-order valence-electron chi connectivity index (χ0n) is 15.2. The maximum atomic E-state index is 5.90. The molecule has 2 aromatic carbocycles. The molecule has 1 aromatic heterocycles. The van der Waals surface area contributed by atoms with E-state index in [4.69, 9.17) is 15.2 Å². The summed E-state index contributed by atoms with van der Waals surface area (Å²) in [5, 5.41) is 0. The van der Waals surface area contributed by atoms with Crippen molar-refractivity contribution in [2.24, 2.45) is 0 Å². The number of nitrogen functional groups attached to an aromatic ring is 1. The van der Waals surface area contributed by atoms with Gasteiger partial charge in [0.15, 0.2) is 11.5 Å². The van der Waals surface area contributed by atoms with Crippen LogP contribution in [0, 0.1) is 20.8 Å². The zero-order valence-corrected chi connectivity index (χ0v) is 15.2. The fourth-order valence-corrected chi connectivity index (χ4v) is 3.41. The van der Waals surface area contributed by atoms with Crippen molar-refractivity contribution >= 4 is 5.95 Å². The molecular weight excluding hydrogens is 328 g/mol. The van der Waals surface area contributed by atoms with Crippen molar-refractivity contribution in [2.75, 3.05) is 12.5 Å². The fraction of sp³-hybridized carbons (Fsp3) is 0.200. The molecule has 0 bridgehead atoms. The molecule has 5 N–H and O–H groups in total. The Morgan fingerprint density at radius 2 is 1.65 bits per heavy atom. The van der Waals surface area contributed by atoms with Crippen LogP contribution in [0.25, 0.3) is 22.4 Å².